The minimum absolute atomic E-state index is 0.221. The molecule has 0 heterocycles. The van der Waals surface area contributed by atoms with Gasteiger partial charge in [0.15, 0.2) is 6.61 Å². The quantitative estimate of drug-likeness (QED) is 0.773. The third kappa shape index (κ3) is 4.66. The summed E-state index contributed by atoms with van der Waals surface area (Å²) in [4.78, 5) is 24.2. The Balaban J connectivity index is 1.94. The van der Waals surface area contributed by atoms with E-state index in [2.05, 4.69) is 10.9 Å². The van der Waals surface area contributed by atoms with Gasteiger partial charge < -0.3 is 14.2 Å². The third-order valence-electron chi connectivity index (χ3n) is 3.72. The smallest absolute Gasteiger partial charge is 0.276 e. The van der Waals surface area contributed by atoms with Gasteiger partial charge in [-0.15, -0.1) is 0 Å². The fraction of sp³-hybridized carbons (Fsp3) is 0.263. The van der Waals surface area contributed by atoms with Crippen molar-refractivity contribution in [2.45, 2.75) is 13.8 Å². The highest BCUT2D eigenvalue weighted by molar-refractivity contribution is 5.98. The van der Waals surface area contributed by atoms with Gasteiger partial charge in [-0.1, -0.05) is 18.2 Å². The molecule has 2 aromatic rings. The van der Waals surface area contributed by atoms with Gasteiger partial charge in [0.1, 0.15) is 17.2 Å². The second-order valence-corrected chi connectivity index (χ2v) is 5.58. The molecule has 26 heavy (non-hydrogen) atoms. The molecule has 0 radical (unpaired) electrons. The van der Waals surface area contributed by atoms with E-state index >= 15 is 0 Å². The van der Waals surface area contributed by atoms with Crippen molar-refractivity contribution in [2.75, 3.05) is 20.8 Å². The molecule has 0 saturated heterocycles. The van der Waals surface area contributed by atoms with Gasteiger partial charge in [-0.2, -0.15) is 0 Å². The van der Waals surface area contributed by atoms with Gasteiger partial charge in [-0.25, -0.2) is 0 Å². The molecule has 2 rings (SSSR count). The molecule has 0 unspecified atom stereocenters. The Bertz CT molecular complexity index is 784. The van der Waals surface area contributed by atoms with E-state index in [0.717, 1.165) is 11.1 Å². The lowest BCUT2D eigenvalue weighted by atomic mass is 10.1. The van der Waals surface area contributed by atoms with Crippen LogP contribution >= 0.6 is 0 Å². The zero-order chi connectivity index (χ0) is 19.1. The number of carbonyl (C=O) groups is 2. The predicted octanol–water partition coefficient (Wildman–Crippen LogP) is 2.16. The lowest BCUT2D eigenvalue weighted by Gasteiger charge is -2.13. The Labute approximate surface area is 152 Å². The van der Waals surface area contributed by atoms with E-state index < -0.39 is 11.8 Å². The molecule has 0 bridgehead atoms. The standard InChI is InChI=1S/C19H22N2O5/c1-12-6-5-7-13(2)18(12)26-11-17(22)20-21-19(23)15-10-14(24-3)8-9-16(15)25-4/h5-10H,11H2,1-4H3,(H,20,22)(H,21,23). The van der Waals surface area contributed by atoms with Gasteiger partial charge in [-0.3, -0.25) is 20.4 Å². The Morgan fingerprint density at radius 2 is 1.65 bits per heavy atom. The molecule has 2 amide bonds. The van der Waals surface area contributed by atoms with E-state index in [9.17, 15) is 9.59 Å². The molecule has 0 aliphatic carbocycles. The Morgan fingerprint density at radius 3 is 2.27 bits per heavy atom. The highest BCUT2D eigenvalue weighted by Gasteiger charge is 2.15. The van der Waals surface area contributed by atoms with E-state index in [1.807, 2.05) is 32.0 Å². The van der Waals surface area contributed by atoms with Crippen molar-refractivity contribution < 1.29 is 23.8 Å². The first-order valence-electron chi connectivity index (χ1n) is 7.96. The molecule has 138 valence electrons. The number of methoxy groups -OCH3 is 2. The van der Waals surface area contributed by atoms with Crippen LogP contribution in [0.2, 0.25) is 0 Å². The number of amides is 2. The summed E-state index contributed by atoms with van der Waals surface area (Å²) in [5.74, 6) is 0.512. The highest BCUT2D eigenvalue weighted by Crippen LogP contribution is 2.24. The van der Waals surface area contributed by atoms with Gasteiger partial charge in [0, 0.05) is 0 Å². The van der Waals surface area contributed by atoms with E-state index in [4.69, 9.17) is 14.2 Å². The zero-order valence-corrected chi connectivity index (χ0v) is 15.2. The molecule has 7 heteroatoms. The molecule has 7 nitrogen and oxygen atoms in total. The fourth-order valence-corrected chi connectivity index (χ4v) is 2.39. The normalized spacial score (nSPS) is 10.0. The van der Waals surface area contributed by atoms with Crippen LogP contribution in [0, 0.1) is 13.8 Å². The van der Waals surface area contributed by atoms with Crippen LogP contribution in [-0.2, 0) is 4.79 Å². The largest absolute Gasteiger partial charge is 0.497 e. The SMILES string of the molecule is COc1ccc(OC)c(C(=O)NNC(=O)COc2c(C)cccc2C)c1. The van der Waals surface area contributed by atoms with Crippen LogP contribution in [0.25, 0.3) is 0 Å². The molecule has 0 atom stereocenters. The minimum atomic E-state index is -0.527. The molecule has 0 aliphatic heterocycles. The number of rotatable bonds is 6. The lowest BCUT2D eigenvalue weighted by molar-refractivity contribution is -0.123. The second-order valence-electron chi connectivity index (χ2n) is 5.58. The van der Waals surface area contributed by atoms with Crippen molar-refractivity contribution in [3.05, 3.63) is 53.1 Å². The Morgan fingerprint density at radius 1 is 0.962 bits per heavy atom. The van der Waals surface area contributed by atoms with Crippen molar-refractivity contribution in [1.82, 2.24) is 10.9 Å². The van der Waals surface area contributed by atoms with Crippen LogP contribution < -0.4 is 25.1 Å². The van der Waals surface area contributed by atoms with E-state index in [1.54, 1.807) is 12.1 Å². The second kappa shape index (κ2) is 8.75. The third-order valence-corrected chi connectivity index (χ3v) is 3.72. The minimum Gasteiger partial charge on any atom is -0.497 e. The molecule has 2 aromatic carbocycles. The number of hydrogen-bond acceptors (Lipinski definition) is 5. The summed E-state index contributed by atoms with van der Waals surface area (Å²) in [7, 11) is 2.95. The first-order valence-corrected chi connectivity index (χ1v) is 7.96. The van der Waals surface area contributed by atoms with Crippen molar-refractivity contribution in [1.29, 1.82) is 0 Å². The molecular formula is C19H22N2O5. The molecular weight excluding hydrogens is 336 g/mol. The molecule has 0 spiro atoms. The van der Waals surface area contributed by atoms with Gasteiger partial charge in [0.25, 0.3) is 11.8 Å². The average Bonchev–Trinajstić information content (AvgIpc) is 2.65. The summed E-state index contributed by atoms with van der Waals surface area (Å²) in [5.41, 5.74) is 6.76. The molecule has 0 saturated carbocycles. The maximum atomic E-state index is 12.3. The van der Waals surface area contributed by atoms with Crippen molar-refractivity contribution >= 4 is 11.8 Å². The monoisotopic (exact) mass is 358 g/mol. The summed E-state index contributed by atoms with van der Waals surface area (Å²) >= 11 is 0. The maximum absolute atomic E-state index is 12.3. The molecule has 0 fully saturated rings. The molecule has 0 aromatic heterocycles. The number of aryl methyl sites for hydroxylation is 2. The number of nitrogens with one attached hydrogen (secondary N) is 2. The maximum Gasteiger partial charge on any atom is 0.276 e. The summed E-state index contributed by atoms with van der Waals surface area (Å²) in [5, 5.41) is 0. The summed E-state index contributed by atoms with van der Waals surface area (Å²) in [6, 6.07) is 10.5. The van der Waals surface area contributed by atoms with Crippen molar-refractivity contribution in [3.63, 3.8) is 0 Å². The number of hydrazine groups is 1. The first-order chi connectivity index (χ1) is 12.5. The van der Waals surface area contributed by atoms with Crippen molar-refractivity contribution in [3.8, 4) is 17.2 Å². The van der Waals surface area contributed by atoms with E-state index in [-0.39, 0.29) is 12.2 Å². The van der Waals surface area contributed by atoms with Crippen LogP contribution in [0.5, 0.6) is 17.2 Å². The van der Waals surface area contributed by atoms with Crippen LogP contribution in [0.3, 0.4) is 0 Å². The fourth-order valence-electron chi connectivity index (χ4n) is 2.39. The van der Waals surface area contributed by atoms with E-state index in [0.29, 0.717) is 17.2 Å². The van der Waals surface area contributed by atoms with Gasteiger partial charge in [-0.05, 0) is 43.2 Å². The van der Waals surface area contributed by atoms with E-state index in [1.165, 1.54) is 20.3 Å². The van der Waals surface area contributed by atoms with Crippen LogP contribution in [0.4, 0.5) is 0 Å². The first kappa shape index (κ1) is 19.1. The zero-order valence-electron chi connectivity index (χ0n) is 15.2. The van der Waals surface area contributed by atoms with Gasteiger partial charge in [0.05, 0.1) is 19.8 Å². The summed E-state index contributed by atoms with van der Waals surface area (Å²) in [6.07, 6.45) is 0. The Hall–Kier alpha value is -3.22. The molecule has 2 N–H and O–H groups in total. The summed E-state index contributed by atoms with van der Waals surface area (Å²) in [6.45, 7) is 3.58. The van der Waals surface area contributed by atoms with Crippen LogP contribution in [-0.4, -0.2) is 32.6 Å². The predicted molar refractivity (Wildman–Crippen MR) is 96.6 cm³/mol. The lowest BCUT2D eigenvalue weighted by Crippen LogP contribution is -2.44. The van der Waals surface area contributed by atoms with Crippen LogP contribution in [0.1, 0.15) is 21.5 Å². The number of hydrogen-bond donors (Lipinski definition) is 2. The number of benzene rings is 2. The average molecular weight is 358 g/mol. The highest BCUT2D eigenvalue weighted by atomic mass is 16.5. The van der Waals surface area contributed by atoms with Gasteiger partial charge in [0.2, 0.25) is 0 Å². The summed E-state index contributed by atoms with van der Waals surface area (Å²) < 4.78 is 15.8. The van der Waals surface area contributed by atoms with Crippen LogP contribution in [0.15, 0.2) is 36.4 Å². The number of ether oxygens (including phenoxy) is 3. The number of para-hydroxylation sites is 1. The number of carbonyl (C=O) groups excluding carboxylic acids is 2. The Kier molecular flexibility index (Phi) is 6.43. The van der Waals surface area contributed by atoms with Crippen molar-refractivity contribution in [2.24, 2.45) is 0 Å². The topological polar surface area (TPSA) is 85.9 Å². The molecule has 0 aliphatic rings. The van der Waals surface area contributed by atoms with Gasteiger partial charge >= 0.3 is 0 Å².